The van der Waals surface area contributed by atoms with Gasteiger partial charge in [-0.05, 0) is 45.6 Å². The highest BCUT2D eigenvalue weighted by molar-refractivity contribution is 5.76. The van der Waals surface area contributed by atoms with Crippen molar-refractivity contribution in [3.05, 3.63) is 35.0 Å². The quantitative estimate of drug-likeness (QED) is 0.718. The second-order valence-electron chi connectivity index (χ2n) is 6.79. The van der Waals surface area contributed by atoms with Gasteiger partial charge in [-0.15, -0.1) is 0 Å². The van der Waals surface area contributed by atoms with Crippen LogP contribution in [0, 0.1) is 13.8 Å². The van der Waals surface area contributed by atoms with E-state index in [1.54, 1.807) is 4.52 Å². The van der Waals surface area contributed by atoms with Crippen LogP contribution in [0.3, 0.4) is 0 Å². The molecule has 9 heteroatoms. The molecule has 3 aromatic rings. The van der Waals surface area contributed by atoms with Gasteiger partial charge in [0, 0.05) is 23.7 Å². The predicted octanol–water partition coefficient (Wildman–Crippen LogP) is 1.81. The van der Waals surface area contributed by atoms with Crippen LogP contribution in [-0.2, 0) is 11.2 Å². The lowest BCUT2D eigenvalue weighted by Gasteiger charge is -2.12. The van der Waals surface area contributed by atoms with Crippen molar-refractivity contribution >= 4 is 11.7 Å². The summed E-state index contributed by atoms with van der Waals surface area (Å²) in [5, 5.41) is 11.1. The van der Waals surface area contributed by atoms with E-state index in [1.165, 1.54) is 6.33 Å². The zero-order valence-electron chi connectivity index (χ0n) is 15.1. The largest absolute Gasteiger partial charge is 0.345 e. The Morgan fingerprint density at radius 2 is 2.19 bits per heavy atom. The predicted molar refractivity (Wildman–Crippen MR) is 91.4 cm³/mol. The Hall–Kier alpha value is -2.84. The van der Waals surface area contributed by atoms with E-state index in [2.05, 4.69) is 30.5 Å². The van der Waals surface area contributed by atoms with Crippen molar-refractivity contribution in [1.29, 1.82) is 0 Å². The molecule has 1 aliphatic carbocycles. The molecule has 0 spiro atoms. The molecule has 0 aliphatic heterocycles. The minimum atomic E-state index is -0.305. The van der Waals surface area contributed by atoms with E-state index in [0.717, 1.165) is 35.6 Å². The van der Waals surface area contributed by atoms with Crippen molar-refractivity contribution in [2.24, 2.45) is 0 Å². The van der Waals surface area contributed by atoms with Gasteiger partial charge < -0.3 is 9.84 Å². The minimum Gasteiger partial charge on any atom is -0.345 e. The molecule has 0 saturated heterocycles. The normalized spacial score (nSPS) is 15.3. The molecule has 1 amide bonds. The molecule has 0 aromatic carbocycles. The topological polar surface area (TPSA) is 111 Å². The van der Waals surface area contributed by atoms with Crippen LogP contribution < -0.4 is 5.32 Å². The van der Waals surface area contributed by atoms with Gasteiger partial charge in [-0.3, -0.25) is 4.79 Å². The molecule has 9 nitrogen and oxygen atoms in total. The summed E-state index contributed by atoms with van der Waals surface area (Å²) in [5.41, 5.74) is 2.84. The molecule has 1 saturated carbocycles. The summed E-state index contributed by atoms with van der Waals surface area (Å²) in [4.78, 5) is 25.3. The van der Waals surface area contributed by atoms with Crippen molar-refractivity contribution in [2.75, 3.05) is 0 Å². The molecule has 26 heavy (non-hydrogen) atoms. The summed E-state index contributed by atoms with van der Waals surface area (Å²) in [6, 6.07) is -0.305. The van der Waals surface area contributed by atoms with Gasteiger partial charge in [0.05, 0.1) is 0 Å². The molecule has 1 aliphatic rings. The van der Waals surface area contributed by atoms with Gasteiger partial charge in [0.15, 0.2) is 5.82 Å². The van der Waals surface area contributed by atoms with E-state index >= 15 is 0 Å². The highest BCUT2D eigenvalue weighted by Crippen LogP contribution is 2.38. The molecule has 1 N–H and O–H groups in total. The smallest absolute Gasteiger partial charge is 0.252 e. The third kappa shape index (κ3) is 3.16. The van der Waals surface area contributed by atoms with Gasteiger partial charge >= 0.3 is 0 Å². The molecule has 4 rings (SSSR count). The fraction of sp³-hybridized carbons (Fsp3) is 0.529. The Morgan fingerprint density at radius 1 is 1.38 bits per heavy atom. The summed E-state index contributed by atoms with van der Waals surface area (Å²) in [7, 11) is 0. The molecule has 3 aromatic heterocycles. The number of nitrogens with zero attached hydrogens (tertiary/aromatic N) is 6. The van der Waals surface area contributed by atoms with Crippen LogP contribution in [0.2, 0.25) is 0 Å². The first-order chi connectivity index (χ1) is 12.5. The summed E-state index contributed by atoms with van der Waals surface area (Å²) < 4.78 is 6.96. The van der Waals surface area contributed by atoms with E-state index in [-0.39, 0.29) is 11.9 Å². The number of aryl methyl sites for hydroxylation is 2. The van der Waals surface area contributed by atoms with Crippen LogP contribution in [0.5, 0.6) is 0 Å². The van der Waals surface area contributed by atoms with Crippen LogP contribution in [0.15, 0.2) is 10.9 Å². The van der Waals surface area contributed by atoms with E-state index in [9.17, 15) is 4.79 Å². The van der Waals surface area contributed by atoms with E-state index in [1.807, 2.05) is 20.8 Å². The molecular formula is C17H21N7O2. The van der Waals surface area contributed by atoms with Crippen molar-refractivity contribution in [1.82, 2.24) is 35.0 Å². The average molecular weight is 355 g/mol. The van der Waals surface area contributed by atoms with Crippen molar-refractivity contribution in [3.63, 3.8) is 0 Å². The zero-order valence-corrected chi connectivity index (χ0v) is 15.1. The van der Waals surface area contributed by atoms with Crippen molar-refractivity contribution in [3.8, 4) is 0 Å². The molecular weight excluding hydrogens is 334 g/mol. The Labute approximate surface area is 150 Å². The molecule has 0 radical (unpaired) electrons. The van der Waals surface area contributed by atoms with Gasteiger partial charge in [-0.1, -0.05) is 5.16 Å². The maximum Gasteiger partial charge on any atom is 0.252 e. The maximum atomic E-state index is 12.3. The lowest BCUT2D eigenvalue weighted by atomic mass is 10.1. The summed E-state index contributed by atoms with van der Waals surface area (Å²) in [6.45, 7) is 5.74. The summed E-state index contributed by atoms with van der Waals surface area (Å²) in [5.74, 6) is 2.14. The number of carbonyl (C=O) groups excluding carboxylic acids is 1. The number of hydrogen-bond donors (Lipinski definition) is 1. The SMILES string of the molecule is Cc1nc2ncnn2c(C)c1CCC(=O)NC(C)c1nc(C2CC2)no1. The summed E-state index contributed by atoms with van der Waals surface area (Å²) in [6.07, 6.45) is 4.63. The highest BCUT2D eigenvalue weighted by Gasteiger charge is 2.29. The Kier molecular flexibility index (Phi) is 4.14. The third-order valence-corrected chi connectivity index (χ3v) is 4.74. The summed E-state index contributed by atoms with van der Waals surface area (Å²) >= 11 is 0. The Balaban J connectivity index is 1.39. The fourth-order valence-corrected chi connectivity index (χ4v) is 3.06. The molecule has 3 heterocycles. The number of nitrogens with one attached hydrogen (secondary N) is 1. The lowest BCUT2D eigenvalue weighted by Crippen LogP contribution is -2.27. The number of carbonyl (C=O) groups is 1. The number of rotatable bonds is 6. The molecule has 1 unspecified atom stereocenters. The highest BCUT2D eigenvalue weighted by atomic mass is 16.5. The first-order valence-electron chi connectivity index (χ1n) is 8.81. The molecule has 1 atom stereocenters. The Morgan fingerprint density at radius 3 is 2.96 bits per heavy atom. The van der Waals surface area contributed by atoms with E-state index < -0.39 is 0 Å². The van der Waals surface area contributed by atoms with Gasteiger partial charge in [-0.2, -0.15) is 15.1 Å². The Bertz CT molecular complexity index is 957. The molecule has 136 valence electrons. The first kappa shape index (κ1) is 16.6. The maximum absolute atomic E-state index is 12.3. The first-order valence-corrected chi connectivity index (χ1v) is 8.81. The van der Waals surface area contributed by atoms with E-state index in [0.29, 0.717) is 30.4 Å². The number of fused-ring (bicyclic) bond motifs is 1. The molecule has 0 bridgehead atoms. The second kappa shape index (κ2) is 6.47. The van der Waals surface area contributed by atoms with Gasteiger partial charge in [0.1, 0.15) is 12.4 Å². The van der Waals surface area contributed by atoms with Crippen LogP contribution in [0.1, 0.15) is 66.8 Å². The second-order valence-corrected chi connectivity index (χ2v) is 6.79. The van der Waals surface area contributed by atoms with Crippen LogP contribution in [0.25, 0.3) is 5.78 Å². The van der Waals surface area contributed by atoms with Crippen molar-refractivity contribution in [2.45, 2.75) is 58.4 Å². The fourth-order valence-electron chi connectivity index (χ4n) is 3.06. The standard InChI is InChI=1S/C17H21N7O2/c1-9-13(11(3)24-17(21-9)18-8-19-24)6-7-14(25)20-10(2)16-22-15(23-26-16)12-4-5-12/h8,10,12H,4-7H2,1-3H3,(H,20,25). The van der Waals surface area contributed by atoms with E-state index in [4.69, 9.17) is 4.52 Å². The minimum absolute atomic E-state index is 0.0684. The van der Waals surface area contributed by atoms with Gasteiger partial charge in [-0.25, -0.2) is 9.50 Å². The lowest BCUT2D eigenvalue weighted by molar-refractivity contribution is -0.121. The number of hydrogen-bond acceptors (Lipinski definition) is 7. The zero-order chi connectivity index (χ0) is 18.3. The monoisotopic (exact) mass is 355 g/mol. The van der Waals surface area contributed by atoms with Crippen LogP contribution in [0.4, 0.5) is 0 Å². The van der Waals surface area contributed by atoms with Gasteiger partial charge in [0.25, 0.3) is 5.78 Å². The van der Waals surface area contributed by atoms with Crippen molar-refractivity contribution < 1.29 is 9.32 Å². The number of amides is 1. The van der Waals surface area contributed by atoms with Crippen LogP contribution >= 0.6 is 0 Å². The van der Waals surface area contributed by atoms with Gasteiger partial charge in [0.2, 0.25) is 11.8 Å². The number of aromatic nitrogens is 6. The molecule has 1 fully saturated rings. The average Bonchev–Trinajstić information content (AvgIpc) is 3.14. The third-order valence-electron chi connectivity index (χ3n) is 4.74. The van der Waals surface area contributed by atoms with Crippen LogP contribution in [-0.4, -0.2) is 35.6 Å².